The molecular formula is C15H17BrClN3O. The molecule has 2 aromatic rings. The lowest BCUT2D eigenvalue weighted by atomic mass is 9.95. The number of aromatic nitrogens is 2. The van der Waals surface area contributed by atoms with Gasteiger partial charge in [-0.3, -0.25) is 0 Å². The zero-order chi connectivity index (χ0) is 14.7. The Hall–Kier alpha value is -0.910. The lowest BCUT2D eigenvalue weighted by Crippen LogP contribution is -2.29. The highest BCUT2D eigenvalue weighted by atomic mass is 79.9. The summed E-state index contributed by atoms with van der Waals surface area (Å²) >= 11 is 9.40. The molecule has 0 spiro atoms. The number of nitrogens with one attached hydrogen (secondary N) is 1. The lowest BCUT2D eigenvalue weighted by Gasteiger charge is -2.21. The Labute approximate surface area is 137 Å². The molecule has 0 aliphatic carbocycles. The molecule has 2 heterocycles. The number of rotatable bonds is 4. The van der Waals surface area contributed by atoms with Gasteiger partial charge in [0.25, 0.3) is 0 Å². The van der Waals surface area contributed by atoms with Gasteiger partial charge in [-0.2, -0.15) is 4.98 Å². The first-order valence-corrected chi connectivity index (χ1v) is 8.38. The second kappa shape index (κ2) is 6.90. The van der Waals surface area contributed by atoms with Crippen LogP contribution in [0.1, 0.15) is 25.2 Å². The summed E-state index contributed by atoms with van der Waals surface area (Å²) in [5.41, 5.74) is 0.903. The second-order valence-electron chi connectivity index (χ2n) is 5.39. The molecule has 1 aliphatic heterocycles. The van der Waals surface area contributed by atoms with Crippen LogP contribution >= 0.6 is 27.5 Å². The molecule has 0 bridgehead atoms. The monoisotopic (exact) mass is 369 g/mol. The normalized spacial score (nSPS) is 18.9. The zero-order valence-corrected chi connectivity index (χ0v) is 14.0. The van der Waals surface area contributed by atoms with Crippen LogP contribution in [0.2, 0.25) is 5.02 Å². The van der Waals surface area contributed by atoms with Gasteiger partial charge in [-0.1, -0.05) is 16.8 Å². The van der Waals surface area contributed by atoms with Crippen molar-refractivity contribution in [2.75, 3.05) is 13.1 Å². The van der Waals surface area contributed by atoms with Crippen molar-refractivity contribution in [1.29, 1.82) is 0 Å². The quantitative estimate of drug-likeness (QED) is 0.881. The Morgan fingerprint density at radius 3 is 3.10 bits per heavy atom. The predicted molar refractivity (Wildman–Crippen MR) is 86.4 cm³/mol. The SMILES string of the molecule is Clc1ccc(-c2noc(CCC3CCCNC3)n2)cc1Br. The molecule has 1 unspecified atom stereocenters. The zero-order valence-electron chi connectivity index (χ0n) is 11.6. The van der Waals surface area contributed by atoms with Gasteiger partial charge in [0.05, 0.1) is 5.02 Å². The molecule has 21 heavy (non-hydrogen) atoms. The minimum atomic E-state index is 0.615. The molecule has 112 valence electrons. The smallest absolute Gasteiger partial charge is 0.226 e. The van der Waals surface area contributed by atoms with E-state index in [4.69, 9.17) is 16.1 Å². The minimum absolute atomic E-state index is 0.615. The predicted octanol–water partition coefficient (Wildman–Crippen LogP) is 4.08. The molecule has 0 radical (unpaired) electrons. The maximum Gasteiger partial charge on any atom is 0.226 e. The topological polar surface area (TPSA) is 51.0 Å². The third-order valence-electron chi connectivity index (χ3n) is 3.81. The lowest BCUT2D eigenvalue weighted by molar-refractivity contribution is 0.327. The summed E-state index contributed by atoms with van der Waals surface area (Å²) in [6.07, 6.45) is 4.49. The van der Waals surface area contributed by atoms with Crippen LogP contribution in [-0.4, -0.2) is 23.2 Å². The Morgan fingerprint density at radius 2 is 2.33 bits per heavy atom. The standard InChI is InChI=1S/C15H17BrClN3O/c16-12-8-11(4-5-13(12)17)15-19-14(21-20-15)6-3-10-2-1-7-18-9-10/h4-5,8,10,18H,1-3,6-7,9H2. The van der Waals surface area contributed by atoms with E-state index in [1.807, 2.05) is 18.2 Å². The third-order valence-corrected chi connectivity index (χ3v) is 5.03. The van der Waals surface area contributed by atoms with E-state index in [-0.39, 0.29) is 0 Å². The molecule has 1 atom stereocenters. The molecule has 3 rings (SSSR count). The summed E-state index contributed by atoms with van der Waals surface area (Å²) in [5.74, 6) is 2.05. The second-order valence-corrected chi connectivity index (χ2v) is 6.65. The average Bonchev–Trinajstić information content (AvgIpc) is 2.98. The fourth-order valence-corrected chi connectivity index (χ4v) is 3.10. The first-order chi connectivity index (χ1) is 10.2. The van der Waals surface area contributed by atoms with Gasteiger partial charge in [0, 0.05) is 16.5 Å². The van der Waals surface area contributed by atoms with E-state index in [1.54, 1.807) is 0 Å². The van der Waals surface area contributed by atoms with Crippen LogP contribution in [0.4, 0.5) is 0 Å². The fourth-order valence-electron chi connectivity index (χ4n) is 2.61. The molecule has 1 saturated heterocycles. The first-order valence-electron chi connectivity index (χ1n) is 7.21. The van der Waals surface area contributed by atoms with Crippen molar-refractivity contribution in [3.05, 3.63) is 33.6 Å². The van der Waals surface area contributed by atoms with E-state index in [1.165, 1.54) is 12.8 Å². The highest BCUT2D eigenvalue weighted by Crippen LogP contribution is 2.27. The summed E-state index contributed by atoms with van der Waals surface area (Å²) < 4.78 is 6.18. The van der Waals surface area contributed by atoms with Crippen molar-refractivity contribution < 1.29 is 4.52 Å². The van der Waals surface area contributed by atoms with Crippen LogP contribution in [0.25, 0.3) is 11.4 Å². The van der Waals surface area contributed by atoms with Crippen LogP contribution in [0.3, 0.4) is 0 Å². The van der Waals surface area contributed by atoms with E-state index in [0.29, 0.717) is 16.7 Å². The van der Waals surface area contributed by atoms with Gasteiger partial charge >= 0.3 is 0 Å². The summed E-state index contributed by atoms with van der Waals surface area (Å²) in [6.45, 7) is 2.25. The van der Waals surface area contributed by atoms with Gasteiger partial charge in [-0.25, -0.2) is 0 Å². The molecular weight excluding hydrogens is 354 g/mol. The van der Waals surface area contributed by atoms with Crippen LogP contribution in [0.15, 0.2) is 27.2 Å². The summed E-state index contributed by atoms with van der Waals surface area (Å²) in [7, 11) is 0. The molecule has 1 aromatic carbocycles. The summed E-state index contributed by atoms with van der Waals surface area (Å²) in [4.78, 5) is 4.47. The van der Waals surface area contributed by atoms with Gasteiger partial charge in [-0.15, -0.1) is 0 Å². The van der Waals surface area contributed by atoms with Crippen molar-refractivity contribution in [3.8, 4) is 11.4 Å². The average molecular weight is 371 g/mol. The number of hydrogen-bond acceptors (Lipinski definition) is 4. The number of halogens is 2. The number of aryl methyl sites for hydroxylation is 1. The summed E-state index contributed by atoms with van der Waals surface area (Å²) in [5, 5.41) is 8.16. The van der Waals surface area contributed by atoms with Gasteiger partial charge in [-0.05, 0) is 72.4 Å². The molecule has 1 aromatic heterocycles. The van der Waals surface area contributed by atoms with E-state index in [9.17, 15) is 0 Å². The van der Waals surface area contributed by atoms with Gasteiger partial charge < -0.3 is 9.84 Å². The number of nitrogens with zero attached hydrogens (tertiary/aromatic N) is 2. The highest BCUT2D eigenvalue weighted by molar-refractivity contribution is 9.10. The maximum atomic E-state index is 5.99. The van der Waals surface area contributed by atoms with Gasteiger partial charge in [0.15, 0.2) is 0 Å². The van der Waals surface area contributed by atoms with Crippen molar-refractivity contribution >= 4 is 27.5 Å². The van der Waals surface area contributed by atoms with E-state index in [0.717, 1.165) is 41.9 Å². The van der Waals surface area contributed by atoms with Crippen LogP contribution in [0, 0.1) is 5.92 Å². The molecule has 6 heteroatoms. The molecule has 1 aliphatic rings. The minimum Gasteiger partial charge on any atom is -0.339 e. The van der Waals surface area contributed by atoms with E-state index >= 15 is 0 Å². The van der Waals surface area contributed by atoms with Crippen LogP contribution in [0.5, 0.6) is 0 Å². The number of hydrogen-bond donors (Lipinski definition) is 1. The third kappa shape index (κ3) is 3.84. The Balaban J connectivity index is 1.63. The van der Waals surface area contributed by atoms with Crippen LogP contribution in [-0.2, 0) is 6.42 Å². The van der Waals surface area contributed by atoms with Crippen LogP contribution < -0.4 is 5.32 Å². The Kier molecular flexibility index (Phi) is 4.93. The Bertz CT molecular complexity index is 611. The first kappa shape index (κ1) is 15.0. The maximum absolute atomic E-state index is 5.99. The molecule has 0 amide bonds. The molecule has 1 fully saturated rings. The fraction of sp³-hybridized carbons (Fsp3) is 0.467. The number of benzene rings is 1. The van der Waals surface area contributed by atoms with Crippen molar-refractivity contribution in [2.45, 2.75) is 25.7 Å². The Morgan fingerprint density at radius 1 is 1.43 bits per heavy atom. The van der Waals surface area contributed by atoms with Gasteiger partial charge in [0.1, 0.15) is 0 Å². The van der Waals surface area contributed by atoms with E-state index < -0.39 is 0 Å². The largest absolute Gasteiger partial charge is 0.339 e. The van der Waals surface area contributed by atoms with Crippen molar-refractivity contribution in [2.24, 2.45) is 5.92 Å². The van der Waals surface area contributed by atoms with E-state index in [2.05, 4.69) is 31.4 Å². The van der Waals surface area contributed by atoms with Crippen molar-refractivity contribution in [1.82, 2.24) is 15.5 Å². The summed E-state index contributed by atoms with van der Waals surface area (Å²) in [6, 6.07) is 5.62. The van der Waals surface area contributed by atoms with Gasteiger partial charge in [0.2, 0.25) is 11.7 Å². The highest BCUT2D eigenvalue weighted by Gasteiger charge is 2.15. The molecule has 1 N–H and O–H groups in total. The number of piperidine rings is 1. The molecule has 4 nitrogen and oxygen atoms in total. The molecule has 0 saturated carbocycles. The van der Waals surface area contributed by atoms with Crippen molar-refractivity contribution in [3.63, 3.8) is 0 Å².